The van der Waals surface area contributed by atoms with E-state index in [0.29, 0.717) is 6.42 Å². The average molecular weight is 321 g/mol. The van der Waals surface area contributed by atoms with Gasteiger partial charge in [-0.2, -0.15) is 0 Å². The minimum atomic E-state index is -1.90. The van der Waals surface area contributed by atoms with Crippen LogP contribution in [0, 0.1) is 5.92 Å². The van der Waals surface area contributed by atoms with Crippen LogP contribution in [0.25, 0.3) is 0 Å². The molecule has 0 aliphatic carbocycles. The molecule has 0 saturated heterocycles. The molecule has 0 saturated carbocycles. The number of benzene rings is 1. The van der Waals surface area contributed by atoms with Crippen LogP contribution in [0.5, 0.6) is 0 Å². The molecule has 0 aliphatic rings. The van der Waals surface area contributed by atoms with E-state index in [1.54, 1.807) is 6.08 Å². The summed E-state index contributed by atoms with van der Waals surface area (Å²) in [5, 5.41) is 10.6. The highest BCUT2D eigenvalue weighted by Crippen LogP contribution is 2.41. The van der Waals surface area contributed by atoms with Gasteiger partial charge in [-0.05, 0) is 29.6 Å². The van der Waals surface area contributed by atoms with Crippen LogP contribution in [0.1, 0.15) is 45.8 Å². The number of aliphatic hydroxyl groups is 1. The van der Waals surface area contributed by atoms with Crippen molar-refractivity contribution in [2.24, 2.45) is 5.92 Å². The lowest BCUT2D eigenvalue weighted by Crippen LogP contribution is -2.42. The maximum absolute atomic E-state index is 10.4. The van der Waals surface area contributed by atoms with E-state index in [1.165, 1.54) is 0 Å². The second-order valence-electron chi connectivity index (χ2n) is 7.68. The summed E-state index contributed by atoms with van der Waals surface area (Å²) in [7, 11) is -1.90. The number of aliphatic hydroxyl groups excluding tert-OH is 1. The average Bonchev–Trinajstić information content (AvgIpc) is 2.45. The van der Waals surface area contributed by atoms with Gasteiger partial charge in [-0.25, -0.2) is 0 Å². The molecule has 124 valence electrons. The van der Waals surface area contributed by atoms with Gasteiger partial charge in [0.2, 0.25) is 0 Å². The molecule has 1 N–H and O–H groups in total. The summed E-state index contributed by atoms with van der Waals surface area (Å²) in [4.78, 5) is 0. The van der Waals surface area contributed by atoms with Crippen LogP contribution < -0.4 is 0 Å². The van der Waals surface area contributed by atoms with Crippen LogP contribution in [0.3, 0.4) is 0 Å². The summed E-state index contributed by atoms with van der Waals surface area (Å²) in [5.74, 6) is 0.0641. The van der Waals surface area contributed by atoms with Gasteiger partial charge in [-0.15, -0.1) is 6.58 Å². The number of rotatable bonds is 7. The van der Waals surface area contributed by atoms with E-state index in [4.69, 9.17) is 4.43 Å². The molecule has 3 atom stereocenters. The Labute approximate surface area is 137 Å². The van der Waals surface area contributed by atoms with Gasteiger partial charge in [-0.3, -0.25) is 0 Å². The van der Waals surface area contributed by atoms with Crippen molar-refractivity contribution in [2.45, 2.75) is 64.5 Å². The van der Waals surface area contributed by atoms with Gasteiger partial charge in [0, 0.05) is 6.42 Å². The zero-order valence-electron chi connectivity index (χ0n) is 15.0. The summed E-state index contributed by atoms with van der Waals surface area (Å²) >= 11 is 0. The Bertz CT molecular complexity index is 462. The number of hydrogen-bond donors (Lipinski definition) is 1. The quantitative estimate of drug-likeness (QED) is 0.544. The van der Waals surface area contributed by atoms with Crippen molar-refractivity contribution in [1.82, 2.24) is 0 Å². The third kappa shape index (κ3) is 5.08. The molecule has 0 heterocycles. The minimum absolute atomic E-state index is 0.0641. The maximum Gasteiger partial charge on any atom is 0.192 e. The second-order valence-corrected chi connectivity index (χ2v) is 12.4. The molecular formula is C19H32O2Si. The first-order valence-electron chi connectivity index (χ1n) is 8.12. The van der Waals surface area contributed by atoms with Crippen LogP contribution >= 0.6 is 0 Å². The van der Waals surface area contributed by atoms with Crippen LogP contribution in [0.2, 0.25) is 18.1 Å². The first-order chi connectivity index (χ1) is 10.1. The fraction of sp³-hybridized carbons (Fsp3) is 0.579. The molecule has 0 radical (unpaired) electrons. The molecule has 1 aromatic rings. The third-order valence-electron chi connectivity index (χ3n) is 4.85. The van der Waals surface area contributed by atoms with Crippen molar-refractivity contribution >= 4 is 8.32 Å². The molecule has 22 heavy (non-hydrogen) atoms. The lowest BCUT2D eigenvalue weighted by Gasteiger charge is -2.40. The first-order valence-corrected chi connectivity index (χ1v) is 11.0. The topological polar surface area (TPSA) is 29.5 Å². The van der Waals surface area contributed by atoms with Crippen LogP contribution in [-0.2, 0) is 4.43 Å². The summed E-state index contributed by atoms with van der Waals surface area (Å²) in [5.41, 5.74) is 1.14. The molecule has 0 unspecified atom stereocenters. The SMILES string of the molecule is C=C[C@@H](C)[C@H](O)C[C@H](O[Si](C)(C)C(C)(C)C)c1ccccc1. The molecule has 1 aromatic carbocycles. The minimum Gasteiger partial charge on any atom is -0.410 e. The standard InChI is InChI=1S/C19H32O2Si/c1-8-15(2)17(20)14-18(16-12-10-9-11-13-16)21-22(6,7)19(3,4)5/h8-13,15,17-18,20H,1,14H2,2-7H3/t15-,17-,18+/m1/s1. The highest BCUT2D eigenvalue weighted by molar-refractivity contribution is 6.74. The summed E-state index contributed by atoms with van der Waals surface area (Å²) in [6.07, 6.45) is 1.90. The Morgan fingerprint density at radius 3 is 2.23 bits per heavy atom. The van der Waals surface area contributed by atoms with Crippen molar-refractivity contribution in [1.29, 1.82) is 0 Å². The van der Waals surface area contributed by atoms with E-state index >= 15 is 0 Å². The van der Waals surface area contributed by atoms with E-state index < -0.39 is 14.4 Å². The van der Waals surface area contributed by atoms with Gasteiger partial charge in [0.1, 0.15) is 0 Å². The van der Waals surface area contributed by atoms with E-state index in [9.17, 15) is 5.11 Å². The molecule has 3 heteroatoms. The van der Waals surface area contributed by atoms with Crippen molar-refractivity contribution in [2.75, 3.05) is 0 Å². The van der Waals surface area contributed by atoms with Gasteiger partial charge in [0.25, 0.3) is 0 Å². The smallest absolute Gasteiger partial charge is 0.192 e. The molecule has 0 amide bonds. The molecule has 0 spiro atoms. The molecule has 1 rings (SSSR count). The Kier molecular flexibility index (Phi) is 6.60. The van der Waals surface area contributed by atoms with E-state index in [2.05, 4.69) is 52.6 Å². The predicted octanol–water partition coefficient (Wildman–Crippen LogP) is 5.32. The zero-order valence-corrected chi connectivity index (χ0v) is 16.0. The van der Waals surface area contributed by atoms with Gasteiger partial charge >= 0.3 is 0 Å². The lowest BCUT2D eigenvalue weighted by molar-refractivity contribution is 0.0653. The fourth-order valence-electron chi connectivity index (χ4n) is 2.04. The van der Waals surface area contributed by atoms with Crippen molar-refractivity contribution in [3.63, 3.8) is 0 Å². The molecule has 0 aliphatic heterocycles. The van der Waals surface area contributed by atoms with E-state index in [0.717, 1.165) is 5.56 Å². The largest absolute Gasteiger partial charge is 0.410 e. The summed E-state index contributed by atoms with van der Waals surface area (Å²) in [6.45, 7) is 17.0. The highest BCUT2D eigenvalue weighted by atomic mass is 28.4. The normalized spacial score (nSPS) is 16.9. The third-order valence-corrected chi connectivity index (χ3v) is 9.33. The lowest BCUT2D eigenvalue weighted by atomic mass is 9.96. The molecular weight excluding hydrogens is 288 g/mol. The Balaban J connectivity index is 3.00. The predicted molar refractivity (Wildman–Crippen MR) is 97.4 cm³/mol. The van der Waals surface area contributed by atoms with Crippen LogP contribution in [-0.4, -0.2) is 19.5 Å². The van der Waals surface area contributed by atoms with Gasteiger partial charge in [-0.1, -0.05) is 64.1 Å². The van der Waals surface area contributed by atoms with E-state index in [-0.39, 0.29) is 17.1 Å². The van der Waals surface area contributed by atoms with Crippen LogP contribution in [0.4, 0.5) is 0 Å². The van der Waals surface area contributed by atoms with Crippen molar-refractivity contribution in [3.8, 4) is 0 Å². The van der Waals surface area contributed by atoms with Crippen LogP contribution in [0.15, 0.2) is 43.0 Å². The zero-order chi connectivity index (χ0) is 17.0. The molecule has 2 nitrogen and oxygen atoms in total. The Morgan fingerprint density at radius 1 is 1.23 bits per heavy atom. The Morgan fingerprint density at radius 2 is 1.77 bits per heavy atom. The maximum atomic E-state index is 10.4. The Hall–Kier alpha value is -0.903. The molecule has 0 aromatic heterocycles. The monoisotopic (exact) mass is 320 g/mol. The molecule has 0 fully saturated rings. The summed E-state index contributed by atoms with van der Waals surface area (Å²) in [6, 6.07) is 10.2. The highest BCUT2D eigenvalue weighted by Gasteiger charge is 2.39. The van der Waals surface area contributed by atoms with Gasteiger partial charge in [0.15, 0.2) is 8.32 Å². The van der Waals surface area contributed by atoms with E-state index in [1.807, 2.05) is 25.1 Å². The van der Waals surface area contributed by atoms with Gasteiger partial charge in [0.05, 0.1) is 12.2 Å². The fourth-order valence-corrected chi connectivity index (χ4v) is 3.34. The first kappa shape index (κ1) is 19.1. The second kappa shape index (κ2) is 7.58. The van der Waals surface area contributed by atoms with Crippen molar-refractivity contribution < 1.29 is 9.53 Å². The van der Waals surface area contributed by atoms with Crippen molar-refractivity contribution in [3.05, 3.63) is 48.6 Å². The summed E-state index contributed by atoms with van der Waals surface area (Å²) < 4.78 is 6.60. The number of hydrogen-bond acceptors (Lipinski definition) is 2. The molecule has 0 bridgehead atoms. The van der Waals surface area contributed by atoms with Gasteiger partial charge < -0.3 is 9.53 Å².